The molecular weight excluding hydrogens is 286 g/mol. The lowest BCUT2D eigenvalue weighted by Crippen LogP contribution is -2.15. The van der Waals surface area contributed by atoms with Crippen molar-refractivity contribution in [3.05, 3.63) is 39.3 Å². The van der Waals surface area contributed by atoms with Gasteiger partial charge in [0, 0.05) is 40.2 Å². The molecule has 0 aliphatic rings. The van der Waals surface area contributed by atoms with Crippen molar-refractivity contribution < 1.29 is 0 Å². The highest BCUT2D eigenvalue weighted by Gasteiger charge is 1.96. The van der Waals surface area contributed by atoms with Gasteiger partial charge < -0.3 is 5.32 Å². The molecule has 0 aliphatic heterocycles. The van der Waals surface area contributed by atoms with Gasteiger partial charge in [0.05, 0.1) is 0 Å². The molecule has 0 aliphatic carbocycles. The predicted molar refractivity (Wildman–Crippen MR) is 70.6 cm³/mol. The lowest BCUT2D eigenvalue weighted by atomic mass is 10.4. The topological polar surface area (TPSA) is 29.9 Å². The Kier molecular flexibility index (Phi) is 4.56. The van der Waals surface area contributed by atoms with Crippen LogP contribution in [0.1, 0.15) is 11.3 Å². The van der Waals surface area contributed by atoms with Gasteiger partial charge in [0.15, 0.2) is 0 Å². The minimum Gasteiger partial charge on any atom is -0.312 e. The van der Waals surface area contributed by atoms with Gasteiger partial charge in [-0.2, -0.15) is 5.10 Å². The van der Waals surface area contributed by atoms with Crippen LogP contribution < -0.4 is 5.32 Å². The summed E-state index contributed by atoms with van der Waals surface area (Å²) in [4.78, 5) is 1.37. The Hall–Kier alpha value is -0.650. The number of hydrogen-bond donors (Lipinski definition) is 1. The first-order valence-corrected chi connectivity index (χ1v) is 6.93. The number of aromatic nitrogens is 2. The molecule has 2 rings (SSSR count). The Balaban J connectivity index is 1.59. The minimum absolute atomic E-state index is 0.954. The zero-order valence-corrected chi connectivity index (χ0v) is 11.3. The van der Waals surface area contributed by atoms with E-state index in [0.717, 1.165) is 26.1 Å². The van der Waals surface area contributed by atoms with Crippen molar-refractivity contribution >= 4 is 27.3 Å². The Labute approximate surface area is 108 Å². The van der Waals surface area contributed by atoms with E-state index in [1.165, 1.54) is 9.35 Å². The molecule has 0 unspecified atom stereocenters. The molecule has 5 heteroatoms. The van der Waals surface area contributed by atoms with Gasteiger partial charge in [-0.25, -0.2) is 0 Å². The molecule has 0 bridgehead atoms. The minimum atomic E-state index is 0.954. The SMILES string of the molecule is Brc1csc(CNCCCn2cccn2)c1. The number of aryl methyl sites for hydroxylation is 1. The number of rotatable bonds is 6. The zero-order valence-electron chi connectivity index (χ0n) is 8.90. The first kappa shape index (κ1) is 11.8. The van der Waals surface area contributed by atoms with Crippen molar-refractivity contribution in [2.45, 2.75) is 19.5 Å². The van der Waals surface area contributed by atoms with Crippen LogP contribution in [0.5, 0.6) is 0 Å². The van der Waals surface area contributed by atoms with E-state index in [2.05, 4.69) is 37.8 Å². The zero-order chi connectivity index (χ0) is 11.2. The number of halogens is 1. The summed E-state index contributed by atoms with van der Waals surface area (Å²) in [6.07, 6.45) is 4.92. The summed E-state index contributed by atoms with van der Waals surface area (Å²) in [5.74, 6) is 0. The van der Waals surface area contributed by atoms with Crippen LogP contribution in [0.4, 0.5) is 0 Å². The fourth-order valence-corrected chi connectivity index (χ4v) is 2.88. The molecule has 0 spiro atoms. The van der Waals surface area contributed by atoms with Crippen molar-refractivity contribution in [1.82, 2.24) is 15.1 Å². The van der Waals surface area contributed by atoms with Crippen LogP contribution in [0.15, 0.2) is 34.4 Å². The highest BCUT2D eigenvalue weighted by molar-refractivity contribution is 9.10. The van der Waals surface area contributed by atoms with Crippen molar-refractivity contribution in [3.63, 3.8) is 0 Å². The van der Waals surface area contributed by atoms with E-state index < -0.39 is 0 Å². The Morgan fingerprint density at radius 3 is 3.12 bits per heavy atom. The lowest BCUT2D eigenvalue weighted by molar-refractivity contribution is 0.544. The molecule has 0 aromatic carbocycles. The maximum atomic E-state index is 4.16. The first-order chi connectivity index (χ1) is 7.84. The number of nitrogens with zero attached hydrogens (tertiary/aromatic N) is 2. The van der Waals surface area contributed by atoms with Crippen molar-refractivity contribution in [2.24, 2.45) is 0 Å². The summed E-state index contributed by atoms with van der Waals surface area (Å²) in [5.41, 5.74) is 0. The predicted octanol–water partition coefficient (Wildman–Crippen LogP) is 2.89. The largest absolute Gasteiger partial charge is 0.312 e. The van der Waals surface area contributed by atoms with Crippen LogP contribution in [-0.2, 0) is 13.1 Å². The van der Waals surface area contributed by atoms with E-state index in [0.29, 0.717) is 0 Å². The van der Waals surface area contributed by atoms with Crippen LogP contribution in [0.3, 0.4) is 0 Å². The molecule has 3 nitrogen and oxygen atoms in total. The third-order valence-corrected chi connectivity index (χ3v) is 3.92. The summed E-state index contributed by atoms with van der Waals surface area (Å²) in [7, 11) is 0. The second-order valence-corrected chi connectivity index (χ2v) is 5.44. The molecule has 0 radical (unpaired) electrons. The maximum Gasteiger partial charge on any atom is 0.0489 e. The van der Waals surface area contributed by atoms with E-state index in [-0.39, 0.29) is 0 Å². The molecule has 2 heterocycles. The number of thiophene rings is 1. The van der Waals surface area contributed by atoms with Crippen LogP contribution in [0.2, 0.25) is 0 Å². The Morgan fingerprint density at radius 2 is 2.44 bits per heavy atom. The molecule has 0 saturated heterocycles. The summed E-state index contributed by atoms with van der Waals surface area (Å²) in [6.45, 7) is 2.96. The quantitative estimate of drug-likeness (QED) is 0.831. The van der Waals surface area contributed by atoms with Crippen LogP contribution >= 0.6 is 27.3 Å². The van der Waals surface area contributed by atoms with Crippen molar-refractivity contribution in [2.75, 3.05) is 6.54 Å². The van der Waals surface area contributed by atoms with E-state index in [9.17, 15) is 0 Å². The molecule has 2 aromatic heterocycles. The van der Waals surface area contributed by atoms with E-state index in [1.54, 1.807) is 11.3 Å². The van der Waals surface area contributed by atoms with Gasteiger partial charge in [0.1, 0.15) is 0 Å². The summed E-state index contributed by atoms with van der Waals surface area (Å²) >= 11 is 5.23. The summed E-state index contributed by atoms with van der Waals surface area (Å²) in [6, 6.07) is 4.11. The molecular formula is C11H14BrN3S. The molecule has 16 heavy (non-hydrogen) atoms. The third-order valence-electron chi connectivity index (χ3n) is 2.22. The van der Waals surface area contributed by atoms with Gasteiger partial charge in [-0.15, -0.1) is 11.3 Å². The van der Waals surface area contributed by atoms with Crippen LogP contribution in [-0.4, -0.2) is 16.3 Å². The average molecular weight is 300 g/mol. The molecule has 2 aromatic rings. The molecule has 0 fully saturated rings. The fraction of sp³-hybridized carbons (Fsp3) is 0.364. The van der Waals surface area contributed by atoms with Gasteiger partial charge in [-0.05, 0) is 41.0 Å². The standard InChI is InChI=1S/C11H14BrN3S/c12-10-7-11(16-9-10)8-13-3-1-5-15-6-2-4-14-15/h2,4,6-7,9,13H,1,3,5,8H2. The lowest BCUT2D eigenvalue weighted by Gasteiger charge is -2.03. The molecule has 1 N–H and O–H groups in total. The highest BCUT2D eigenvalue weighted by Crippen LogP contribution is 2.19. The maximum absolute atomic E-state index is 4.16. The van der Waals surface area contributed by atoms with E-state index in [1.807, 2.05) is 23.1 Å². The number of nitrogens with one attached hydrogen (secondary N) is 1. The summed E-state index contributed by atoms with van der Waals surface area (Å²) in [5, 5.41) is 9.70. The van der Waals surface area contributed by atoms with Gasteiger partial charge in [0.25, 0.3) is 0 Å². The second kappa shape index (κ2) is 6.18. The third kappa shape index (κ3) is 3.73. The summed E-state index contributed by atoms with van der Waals surface area (Å²) < 4.78 is 3.13. The smallest absolute Gasteiger partial charge is 0.0489 e. The highest BCUT2D eigenvalue weighted by atomic mass is 79.9. The Morgan fingerprint density at radius 1 is 1.50 bits per heavy atom. The van der Waals surface area contributed by atoms with Gasteiger partial charge in [-0.3, -0.25) is 4.68 Å². The fourth-order valence-electron chi connectivity index (χ4n) is 1.46. The molecule has 0 amide bonds. The van der Waals surface area contributed by atoms with Crippen LogP contribution in [0, 0.1) is 0 Å². The van der Waals surface area contributed by atoms with Gasteiger partial charge in [0.2, 0.25) is 0 Å². The number of hydrogen-bond acceptors (Lipinski definition) is 3. The van der Waals surface area contributed by atoms with Crippen molar-refractivity contribution in [1.29, 1.82) is 0 Å². The van der Waals surface area contributed by atoms with Gasteiger partial charge in [-0.1, -0.05) is 0 Å². The average Bonchev–Trinajstić information content (AvgIpc) is 2.89. The second-order valence-electron chi connectivity index (χ2n) is 3.53. The normalized spacial score (nSPS) is 10.8. The van der Waals surface area contributed by atoms with Crippen LogP contribution in [0.25, 0.3) is 0 Å². The molecule has 0 atom stereocenters. The Bertz CT molecular complexity index is 411. The molecule has 0 saturated carbocycles. The van der Waals surface area contributed by atoms with E-state index >= 15 is 0 Å². The first-order valence-electron chi connectivity index (χ1n) is 5.25. The van der Waals surface area contributed by atoms with E-state index in [4.69, 9.17) is 0 Å². The van der Waals surface area contributed by atoms with Crippen molar-refractivity contribution in [3.8, 4) is 0 Å². The van der Waals surface area contributed by atoms with Gasteiger partial charge >= 0.3 is 0 Å². The monoisotopic (exact) mass is 299 g/mol. The molecule has 86 valence electrons.